The zero-order valence-corrected chi connectivity index (χ0v) is 16.6. The third kappa shape index (κ3) is 4.90. The Labute approximate surface area is 174 Å². The number of amides is 1. The summed E-state index contributed by atoms with van der Waals surface area (Å²) in [5.41, 5.74) is 3.21. The molecule has 30 heavy (non-hydrogen) atoms. The molecule has 8 nitrogen and oxygen atoms in total. The van der Waals surface area contributed by atoms with Crippen molar-refractivity contribution in [3.05, 3.63) is 60.4 Å². The second-order valence-corrected chi connectivity index (χ2v) is 6.85. The van der Waals surface area contributed by atoms with Crippen molar-refractivity contribution in [2.75, 3.05) is 25.6 Å². The molecule has 1 atom stereocenters. The smallest absolute Gasteiger partial charge is 0.412 e. The summed E-state index contributed by atoms with van der Waals surface area (Å²) >= 11 is 0. The number of rotatable bonds is 7. The molecule has 0 bridgehead atoms. The third-order valence-corrected chi connectivity index (χ3v) is 4.74. The van der Waals surface area contributed by atoms with Crippen molar-refractivity contribution in [2.24, 2.45) is 0 Å². The van der Waals surface area contributed by atoms with E-state index in [1.54, 1.807) is 25.6 Å². The minimum atomic E-state index is -0.568. The molecule has 1 amide bonds. The fourth-order valence-electron chi connectivity index (χ4n) is 3.15. The van der Waals surface area contributed by atoms with Gasteiger partial charge in [-0.1, -0.05) is 18.2 Å². The van der Waals surface area contributed by atoms with Gasteiger partial charge in [-0.05, 0) is 35.4 Å². The van der Waals surface area contributed by atoms with E-state index in [9.17, 15) is 4.79 Å². The Kier molecular flexibility index (Phi) is 6.14. The molecule has 1 fully saturated rings. The SMILES string of the molecule is COc1cccc(COC(=O)Nc2ccc(-c3cn[nH]c3)cc2OC2CCOC2)c1. The normalized spacial score (nSPS) is 15.6. The first kappa shape index (κ1) is 19.8. The number of carbonyl (C=O) groups excluding carboxylic acids is 1. The number of ether oxygens (including phenoxy) is 4. The zero-order valence-electron chi connectivity index (χ0n) is 16.6. The van der Waals surface area contributed by atoms with Crippen LogP contribution in [-0.2, 0) is 16.1 Å². The molecule has 0 aliphatic carbocycles. The van der Waals surface area contributed by atoms with Crippen LogP contribution in [0.5, 0.6) is 11.5 Å². The first-order valence-electron chi connectivity index (χ1n) is 9.65. The lowest BCUT2D eigenvalue weighted by Gasteiger charge is -2.17. The van der Waals surface area contributed by atoms with Gasteiger partial charge in [0, 0.05) is 18.2 Å². The van der Waals surface area contributed by atoms with Crippen LogP contribution in [0, 0.1) is 0 Å². The highest BCUT2D eigenvalue weighted by Crippen LogP contribution is 2.32. The Hall–Kier alpha value is -3.52. The largest absolute Gasteiger partial charge is 0.497 e. The van der Waals surface area contributed by atoms with E-state index in [1.807, 2.05) is 36.4 Å². The maximum atomic E-state index is 12.4. The van der Waals surface area contributed by atoms with E-state index in [4.69, 9.17) is 18.9 Å². The predicted molar refractivity (Wildman–Crippen MR) is 111 cm³/mol. The van der Waals surface area contributed by atoms with E-state index in [2.05, 4.69) is 15.5 Å². The lowest BCUT2D eigenvalue weighted by molar-refractivity contribution is 0.141. The summed E-state index contributed by atoms with van der Waals surface area (Å²) in [5, 5.41) is 9.56. The molecule has 0 spiro atoms. The highest BCUT2D eigenvalue weighted by Gasteiger charge is 2.20. The van der Waals surface area contributed by atoms with Crippen molar-refractivity contribution in [3.63, 3.8) is 0 Å². The number of hydrogen-bond acceptors (Lipinski definition) is 6. The molecule has 8 heteroatoms. The molecular formula is C22H23N3O5. The van der Waals surface area contributed by atoms with Crippen LogP contribution < -0.4 is 14.8 Å². The fraction of sp³-hybridized carbons (Fsp3) is 0.273. The van der Waals surface area contributed by atoms with Crippen LogP contribution in [-0.4, -0.2) is 42.7 Å². The Morgan fingerprint density at radius 2 is 2.20 bits per heavy atom. The van der Waals surface area contributed by atoms with Crippen molar-refractivity contribution in [3.8, 4) is 22.6 Å². The van der Waals surface area contributed by atoms with Gasteiger partial charge in [0.2, 0.25) is 0 Å². The molecule has 2 heterocycles. The summed E-state index contributed by atoms with van der Waals surface area (Å²) in [6.45, 7) is 1.32. The Morgan fingerprint density at radius 3 is 2.97 bits per heavy atom. The minimum absolute atomic E-state index is 0.0575. The molecule has 0 saturated carbocycles. The summed E-state index contributed by atoms with van der Waals surface area (Å²) in [7, 11) is 1.59. The molecule has 2 N–H and O–H groups in total. The summed E-state index contributed by atoms with van der Waals surface area (Å²) in [6, 6.07) is 12.9. The number of methoxy groups -OCH3 is 1. The molecule has 1 aliphatic heterocycles. The van der Waals surface area contributed by atoms with Gasteiger partial charge in [0.1, 0.15) is 24.2 Å². The summed E-state index contributed by atoms with van der Waals surface area (Å²) < 4.78 is 22.0. The second kappa shape index (κ2) is 9.32. The number of aromatic nitrogens is 2. The zero-order chi connectivity index (χ0) is 20.8. The van der Waals surface area contributed by atoms with Gasteiger partial charge in [-0.2, -0.15) is 5.10 Å². The number of H-pyrrole nitrogens is 1. The van der Waals surface area contributed by atoms with E-state index in [0.717, 1.165) is 23.1 Å². The van der Waals surface area contributed by atoms with Crippen LogP contribution in [0.1, 0.15) is 12.0 Å². The summed E-state index contributed by atoms with van der Waals surface area (Å²) in [6.07, 6.45) is 3.70. The van der Waals surface area contributed by atoms with Crippen LogP contribution in [0.3, 0.4) is 0 Å². The topological polar surface area (TPSA) is 94.7 Å². The van der Waals surface area contributed by atoms with Gasteiger partial charge in [0.15, 0.2) is 0 Å². The van der Waals surface area contributed by atoms with E-state index in [-0.39, 0.29) is 12.7 Å². The van der Waals surface area contributed by atoms with Crippen LogP contribution >= 0.6 is 0 Å². The van der Waals surface area contributed by atoms with Crippen LogP contribution in [0.15, 0.2) is 54.9 Å². The van der Waals surface area contributed by atoms with Gasteiger partial charge in [-0.3, -0.25) is 10.4 Å². The number of nitrogens with zero attached hydrogens (tertiary/aromatic N) is 1. The fourth-order valence-corrected chi connectivity index (χ4v) is 3.15. The van der Waals surface area contributed by atoms with E-state index in [0.29, 0.717) is 30.4 Å². The van der Waals surface area contributed by atoms with Crippen molar-refractivity contribution < 1.29 is 23.7 Å². The molecule has 2 aromatic carbocycles. The van der Waals surface area contributed by atoms with Crippen LogP contribution in [0.25, 0.3) is 11.1 Å². The maximum absolute atomic E-state index is 12.4. The first-order valence-corrected chi connectivity index (χ1v) is 9.65. The lowest BCUT2D eigenvalue weighted by Crippen LogP contribution is -2.19. The van der Waals surface area contributed by atoms with Crippen molar-refractivity contribution in [1.29, 1.82) is 0 Å². The highest BCUT2D eigenvalue weighted by molar-refractivity contribution is 5.87. The molecule has 1 aliphatic rings. The Bertz CT molecular complexity index is 984. The van der Waals surface area contributed by atoms with Crippen LogP contribution in [0.2, 0.25) is 0 Å². The van der Waals surface area contributed by atoms with Gasteiger partial charge in [0.25, 0.3) is 0 Å². The van der Waals surface area contributed by atoms with Crippen molar-refractivity contribution >= 4 is 11.8 Å². The number of nitrogens with one attached hydrogen (secondary N) is 2. The van der Waals surface area contributed by atoms with Gasteiger partial charge >= 0.3 is 6.09 Å². The molecular weight excluding hydrogens is 386 g/mol. The molecule has 1 saturated heterocycles. The number of anilines is 1. The van der Waals surface area contributed by atoms with Gasteiger partial charge in [-0.25, -0.2) is 4.79 Å². The number of aromatic amines is 1. The van der Waals surface area contributed by atoms with E-state index >= 15 is 0 Å². The predicted octanol–water partition coefficient (Wildman–Crippen LogP) is 4.00. The Morgan fingerprint density at radius 1 is 1.27 bits per heavy atom. The molecule has 4 rings (SSSR count). The maximum Gasteiger partial charge on any atom is 0.412 e. The van der Waals surface area contributed by atoms with Crippen molar-refractivity contribution in [2.45, 2.75) is 19.1 Å². The molecule has 3 aromatic rings. The minimum Gasteiger partial charge on any atom is -0.497 e. The number of hydrogen-bond donors (Lipinski definition) is 2. The highest BCUT2D eigenvalue weighted by atomic mass is 16.6. The lowest BCUT2D eigenvalue weighted by atomic mass is 10.1. The number of benzene rings is 2. The van der Waals surface area contributed by atoms with Crippen molar-refractivity contribution in [1.82, 2.24) is 10.2 Å². The standard InChI is InChI=1S/C22H23N3O5/c1-27-18-4-2-3-15(9-18)13-29-22(26)25-20-6-5-16(17-11-23-24-12-17)10-21(20)30-19-7-8-28-14-19/h2-6,9-12,19H,7-8,13-14H2,1H3,(H,23,24)(H,25,26). The third-order valence-electron chi connectivity index (χ3n) is 4.74. The van der Waals surface area contributed by atoms with Gasteiger partial charge in [-0.15, -0.1) is 0 Å². The first-order chi connectivity index (χ1) is 14.7. The molecule has 1 aromatic heterocycles. The molecule has 0 radical (unpaired) electrons. The quantitative estimate of drug-likeness (QED) is 0.612. The monoisotopic (exact) mass is 409 g/mol. The second-order valence-electron chi connectivity index (χ2n) is 6.85. The van der Waals surface area contributed by atoms with Gasteiger partial charge < -0.3 is 18.9 Å². The average molecular weight is 409 g/mol. The van der Waals surface area contributed by atoms with E-state index in [1.165, 1.54) is 0 Å². The number of carbonyl (C=O) groups is 1. The summed E-state index contributed by atoms with van der Waals surface area (Å²) in [5.74, 6) is 1.27. The molecule has 1 unspecified atom stereocenters. The Balaban J connectivity index is 1.46. The average Bonchev–Trinajstić information content (AvgIpc) is 3.48. The van der Waals surface area contributed by atoms with Crippen LogP contribution in [0.4, 0.5) is 10.5 Å². The van der Waals surface area contributed by atoms with E-state index < -0.39 is 6.09 Å². The molecule has 156 valence electrons. The summed E-state index contributed by atoms with van der Waals surface area (Å²) in [4.78, 5) is 12.4. The van der Waals surface area contributed by atoms with Gasteiger partial charge in [0.05, 0.1) is 32.2 Å².